The van der Waals surface area contributed by atoms with Crippen LogP contribution in [0.25, 0.3) is 0 Å². The maximum atomic E-state index is 12.6. The van der Waals surface area contributed by atoms with Crippen molar-refractivity contribution in [2.24, 2.45) is 0 Å². The topological polar surface area (TPSA) is 40.6 Å². The number of thiocarbonyl (C=S) groups is 1. The summed E-state index contributed by atoms with van der Waals surface area (Å²) in [7, 11) is 0. The molecule has 28 heavy (non-hydrogen) atoms. The van der Waals surface area contributed by atoms with Crippen molar-refractivity contribution >= 4 is 51.5 Å². The SMILES string of the molecule is CC(=O)N(/C=C/C=C/C=C1/SC(=S)N(c2ccccc2)C1=O)c1ccccc1. The molecule has 2 aromatic carbocycles. The first-order chi connectivity index (χ1) is 13.6. The van der Waals surface area contributed by atoms with E-state index in [1.165, 1.54) is 23.6 Å². The Bertz CT molecular complexity index is 967. The number of amides is 2. The van der Waals surface area contributed by atoms with Crippen molar-refractivity contribution in [3.63, 3.8) is 0 Å². The number of rotatable bonds is 5. The maximum Gasteiger partial charge on any atom is 0.270 e. The fourth-order valence-electron chi connectivity index (χ4n) is 2.59. The molecule has 1 fully saturated rings. The fourth-order valence-corrected chi connectivity index (χ4v) is 3.84. The average Bonchev–Trinajstić information content (AvgIpc) is 2.99. The number of allylic oxidation sites excluding steroid dienone is 4. The zero-order valence-corrected chi connectivity index (χ0v) is 16.8. The number of thioether (sulfide) groups is 1. The molecular formula is C22H18N2O2S2. The van der Waals surface area contributed by atoms with Gasteiger partial charge in [0.25, 0.3) is 5.91 Å². The normalized spacial score (nSPS) is 15.9. The summed E-state index contributed by atoms with van der Waals surface area (Å²) in [5.74, 6) is -0.218. The Morgan fingerprint density at radius 2 is 1.64 bits per heavy atom. The second kappa shape index (κ2) is 9.30. The predicted octanol–water partition coefficient (Wildman–Crippen LogP) is 5.06. The van der Waals surface area contributed by atoms with E-state index in [1.54, 1.807) is 35.4 Å². The molecule has 0 atom stereocenters. The van der Waals surface area contributed by atoms with E-state index in [9.17, 15) is 9.59 Å². The summed E-state index contributed by atoms with van der Waals surface area (Å²) in [6.45, 7) is 1.51. The number of anilines is 2. The summed E-state index contributed by atoms with van der Waals surface area (Å²) in [6.07, 6.45) is 8.71. The van der Waals surface area contributed by atoms with E-state index in [-0.39, 0.29) is 11.8 Å². The zero-order chi connectivity index (χ0) is 19.9. The lowest BCUT2D eigenvalue weighted by Gasteiger charge is -2.15. The van der Waals surface area contributed by atoms with Gasteiger partial charge in [0.05, 0.1) is 10.6 Å². The number of carbonyl (C=O) groups is 2. The van der Waals surface area contributed by atoms with Crippen LogP contribution in [-0.2, 0) is 9.59 Å². The van der Waals surface area contributed by atoms with Crippen LogP contribution in [0.1, 0.15) is 6.92 Å². The minimum atomic E-state index is -0.135. The predicted molar refractivity (Wildman–Crippen MR) is 120 cm³/mol. The Hall–Kier alpha value is -2.96. The Balaban J connectivity index is 1.69. The first kappa shape index (κ1) is 19.8. The highest BCUT2D eigenvalue weighted by molar-refractivity contribution is 8.27. The van der Waals surface area contributed by atoms with Gasteiger partial charge in [-0.15, -0.1) is 0 Å². The van der Waals surface area contributed by atoms with Gasteiger partial charge in [0.2, 0.25) is 5.91 Å². The average molecular weight is 407 g/mol. The summed E-state index contributed by atoms with van der Waals surface area (Å²) in [5, 5.41) is 0. The third-order valence-corrected chi connectivity index (χ3v) is 5.21. The molecule has 1 aliphatic rings. The van der Waals surface area contributed by atoms with E-state index in [1.807, 2.05) is 60.7 Å². The van der Waals surface area contributed by atoms with Gasteiger partial charge in [-0.25, -0.2) is 0 Å². The van der Waals surface area contributed by atoms with E-state index in [0.717, 1.165) is 11.4 Å². The van der Waals surface area contributed by atoms with Crippen LogP contribution < -0.4 is 9.80 Å². The quantitative estimate of drug-likeness (QED) is 0.395. The summed E-state index contributed by atoms with van der Waals surface area (Å²) in [6, 6.07) is 18.7. The molecule has 2 amide bonds. The second-order valence-corrected chi connectivity index (χ2v) is 7.50. The highest BCUT2D eigenvalue weighted by Gasteiger charge is 2.32. The molecule has 1 saturated heterocycles. The summed E-state index contributed by atoms with van der Waals surface area (Å²) in [4.78, 5) is 28.1. The van der Waals surface area contributed by atoms with Crippen molar-refractivity contribution in [2.75, 3.05) is 9.80 Å². The molecular weight excluding hydrogens is 388 g/mol. The number of para-hydroxylation sites is 2. The van der Waals surface area contributed by atoms with Gasteiger partial charge in [0.1, 0.15) is 0 Å². The lowest BCUT2D eigenvalue weighted by atomic mass is 10.3. The largest absolute Gasteiger partial charge is 0.288 e. The smallest absolute Gasteiger partial charge is 0.270 e. The molecule has 140 valence electrons. The Morgan fingerprint density at radius 1 is 1.00 bits per heavy atom. The van der Waals surface area contributed by atoms with Gasteiger partial charge in [0, 0.05) is 18.8 Å². The van der Waals surface area contributed by atoms with Crippen LogP contribution in [0.4, 0.5) is 11.4 Å². The third-order valence-electron chi connectivity index (χ3n) is 3.89. The number of hydrogen-bond acceptors (Lipinski definition) is 4. The standard InChI is InChI=1S/C22H18N2O2S2/c1-17(25)23(18-11-5-2-6-12-18)16-10-4-9-15-20-21(26)24(22(27)28-20)19-13-7-3-8-14-19/h2-16H,1H3/b9-4+,16-10+,20-15+. The van der Waals surface area contributed by atoms with Crippen LogP contribution in [-0.4, -0.2) is 16.1 Å². The minimum absolute atomic E-state index is 0.0837. The van der Waals surface area contributed by atoms with E-state index in [4.69, 9.17) is 12.2 Å². The number of hydrogen-bond donors (Lipinski definition) is 0. The summed E-state index contributed by atoms with van der Waals surface area (Å²) < 4.78 is 0.512. The van der Waals surface area contributed by atoms with E-state index < -0.39 is 0 Å². The molecule has 0 aliphatic carbocycles. The van der Waals surface area contributed by atoms with E-state index in [0.29, 0.717) is 9.23 Å². The van der Waals surface area contributed by atoms with Crippen molar-refractivity contribution in [1.29, 1.82) is 0 Å². The molecule has 0 unspecified atom stereocenters. The molecule has 6 heteroatoms. The molecule has 0 radical (unpaired) electrons. The number of nitrogens with zero attached hydrogens (tertiary/aromatic N) is 2. The fraction of sp³-hybridized carbons (Fsp3) is 0.0455. The number of benzene rings is 2. The molecule has 2 aromatic rings. The monoisotopic (exact) mass is 406 g/mol. The summed E-state index contributed by atoms with van der Waals surface area (Å²) in [5.41, 5.74) is 1.56. The van der Waals surface area contributed by atoms with Crippen molar-refractivity contribution in [3.8, 4) is 0 Å². The summed E-state index contributed by atoms with van der Waals surface area (Å²) >= 11 is 6.61. The second-order valence-electron chi connectivity index (χ2n) is 5.83. The van der Waals surface area contributed by atoms with Gasteiger partial charge in [-0.1, -0.05) is 72.5 Å². The molecule has 0 aromatic heterocycles. The van der Waals surface area contributed by atoms with Crippen LogP contribution in [0.5, 0.6) is 0 Å². The highest BCUT2D eigenvalue weighted by Crippen LogP contribution is 2.34. The van der Waals surface area contributed by atoms with Crippen LogP contribution in [0.2, 0.25) is 0 Å². The molecule has 0 N–H and O–H groups in total. The highest BCUT2D eigenvalue weighted by atomic mass is 32.2. The van der Waals surface area contributed by atoms with Gasteiger partial charge in [0.15, 0.2) is 4.32 Å². The van der Waals surface area contributed by atoms with Crippen molar-refractivity contribution in [2.45, 2.75) is 6.92 Å². The zero-order valence-electron chi connectivity index (χ0n) is 15.2. The first-order valence-electron chi connectivity index (χ1n) is 8.59. The van der Waals surface area contributed by atoms with Gasteiger partial charge in [-0.3, -0.25) is 19.4 Å². The van der Waals surface area contributed by atoms with E-state index in [2.05, 4.69) is 0 Å². The van der Waals surface area contributed by atoms with E-state index >= 15 is 0 Å². The minimum Gasteiger partial charge on any atom is -0.288 e. The molecule has 4 nitrogen and oxygen atoms in total. The maximum absolute atomic E-state index is 12.6. The molecule has 0 bridgehead atoms. The lowest BCUT2D eigenvalue weighted by Crippen LogP contribution is -2.27. The van der Waals surface area contributed by atoms with Crippen molar-refractivity contribution < 1.29 is 9.59 Å². The third kappa shape index (κ3) is 4.65. The molecule has 3 rings (SSSR count). The lowest BCUT2D eigenvalue weighted by molar-refractivity contribution is -0.116. The first-order valence-corrected chi connectivity index (χ1v) is 9.81. The van der Waals surface area contributed by atoms with Crippen molar-refractivity contribution in [3.05, 3.63) is 96.1 Å². The van der Waals surface area contributed by atoms with Crippen LogP contribution in [0, 0.1) is 0 Å². The van der Waals surface area contributed by atoms with Crippen LogP contribution >= 0.6 is 24.0 Å². The molecule has 0 spiro atoms. The van der Waals surface area contributed by atoms with Gasteiger partial charge in [-0.05, 0) is 36.4 Å². The van der Waals surface area contributed by atoms with Gasteiger partial charge in [-0.2, -0.15) is 0 Å². The Morgan fingerprint density at radius 3 is 2.29 bits per heavy atom. The molecule has 1 aliphatic heterocycles. The van der Waals surface area contributed by atoms with Gasteiger partial charge >= 0.3 is 0 Å². The van der Waals surface area contributed by atoms with Crippen molar-refractivity contribution in [1.82, 2.24) is 0 Å². The number of carbonyl (C=O) groups excluding carboxylic acids is 2. The molecule has 0 saturated carbocycles. The Kier molecular flexibility index (Phi) is 6.57. The van der Waals surface area contributed by atoms with Crippen LogP contribution in [0.3, 0.4) is 0 Å². The van der Waals surface area contributed by atoms with Crippen LogP contribution in [0.15, 0.2) is 96.1 Å². The Labute approximate surface area is 173 Å². The molecule has 1 heterocycles. The van der Waals surface area contributed by atoms with Gasteiger partial charge < -0.3 is 0 Å².